The molecule has 0 bridgehead atoms. The Morgan fingerprint density at radius 3 is 2.93 bits per heavy atom. The first-order valence-electron chi connectivity index (χ1n) is 4.17. The maximum atomic E-state index is 12.8. The van der Waals surface area contributed by atoms with Gasteiger partial charge < -0.3 is 5.73 Å². The van der Waals surface area contributed by atoms with Crippen LogP contribution in [0.25, 0.3) is 0 Å². The minimum Gasteiger partial charge on any atom is -0.396 e. The Morgan fingerprint density at radius 2 is 2.29 bits per heavy atom. The van der Waals surface area contributed by atoms with E-state index in [2.05, 4.69) is 4.98 Å². The third-order valence-corrected chi connectivity index (χ3v) is 2.70. The first-order valence-corrected chi connectivity index (χ1v) is 5.05. The largest absolute Gasteiger partial charge is 0.396 e. The van der Waals surface area contributed by atoms with Crippen LogP contribution < -0.4 is 5.73 Å². The second-order valence-electron chi connectivity index (χ2n) is 3.00. The van der Waals surface area contributed by atoms with Crippen molar-refractivity contribution in [1.29, 1.82) is 0 Å². The molecule has 2 rings (SSSR count). The second kappa shape index (κ2) is 3.75. The molecule has 0 aliphatic rings. The quantitative estimate of drug-likeness (QED) is 0.770. The van der Waals surface area contributed by atoms with Gasteiger partial charge in [-0.25, -0.2) is 4.39 Å². The van der Waals surface area contributed by atoms with Crippen LogP contribution in [0.3, 0.4) is 0 Å². The van der Waals surface area contributed by atoms with E-state index in [4.69, 9.17) is 5.73 Å². The standard InChI is InChI=1S/C10H9FN2S/c11-9-2-1-7(4-10(9)12)3-8-5-13-6-14-8/h1-2,4-6H,3,12H2. The highest BCUT2D eigenvalue weighted by Gasteiger charge is 2.01. The van der Waals surface area contributed by atoms with Crippen LogP contribution in [0.4, 0.5) is 10.1 Å². The molecule has 1 aromatic heterocycles. The molecule has 0 aliphatic carbocycles. The van der Waals surface area contributed by atoms with Crippen LogP contribution in [0.2, 0.25) is 0 Å². The Bertz CT molecular complexity index is 426. The van der Waals surface area contributed by atoms with E-state index < -0.39 is 0 Å². The Morgan fingerprint density at radius 1 is 1.43 bits per heavy atom. The monoisotopic (exact) mass is 208 g/mol. The summed E-state index contributed by atoms with van der Waals surface area (Å²) in [6.07, 6.45) is 2.57. The molecule has 1 heterocycles. The molecule has 1 aromatic carbocycles. The zero-order valence-corrected chi connectivity index (χ0v) is 8.22. The van der Waals surface area contributed by atoms with Crippen molar-refractivity contribution in [3.8, 4) is 0 Å². The van der Waals surface area contributed by atoms with Gasteiger partial charge in [0.05, 0.1) is 11.2 Å². The van der Waals surface area contributed by atoms with Crippen molar-refractivity contribution in [2.75, 3.05) is 5.73 Å². The molecule has 2 N–H and O–H groups in total. The molecule has 0 aliphatic heterocycles. The van der Waals surface area contributed by atoms with Gasteiger partial charge in [-0.3, -0.25) is 4.98 Å². The van der Waals surface area contributed by atoms with E-state index in [0.29, 0.717) is 0 Å². The number of thiazole rings is 1. The summed E-state index contributed by atoms with van der Waals surface area (Å²) in [7, 11) is 0. The maximum Gasteiger partial charge on any atom is 0.146 e. The second-order valence-corrected chi connectivity index (χ2v) is 3.97. The van der Waals surface area contributed by atoms with Crippen molar-refractivity contribution < 1.29 is 4.39 Å². The molecule has 0 atom stereocenters. The van der Waals surface area contributed by atoms with Crippen LogP contribution in [0.5, 0.6) is 0 Å². The fourth-order valence-electron chi connectivity index (χ4n) is 1.23. The van der Waals surface area contributed by atoms with Gasteiger partial charge in [-0.15, -0.1) is 11.3 Å². The average molecular weight is 208 g/mol. The summed E-state index contributed by atoms with van der Waals surface area (Å²) in [6.45, 7) is 0. The molecule has 0 radical (unpaired) electrons. The molecule has 2 aromatic rings. The number of rotatable bonds is 2. The molecule has 4 heteroatoms. The molecule has 0 saturated carbocycles. The molecule has 0 amide bonds. The third-order valence-electron chi connectivity index (χ3n) is 1.92. The van der Waals surface area contributed by atoms with Gasteiger partial charge >= 0.3 is 0 Å². The van der Waals surface area contributed by atoms with E-state index in [9.17, 15) is 4.39 Å². The Kier molecular flexibility index (Phi) is 2.45. The number of anilines is 1. The normalized spacial score (nSPS) is 10.4. The number of hydrogen-bond acceptors (Lipinski definition) is 3. The minimum absolute atomic E-state index is 0.201. The van der Waals surface area contributed by atoms with Crippen LogP contribution >= 0.6 is 11.3 Å². The Balaban J connectivity index is 2.22. The maximum absolute atomic E-state index is 12.8. The highest BCUT2D eigenvalue weighted by atomic mass is 32.1. The summed E-state index contributed by atoms with van der Waals surface area (Å²) < 4.78 is 12.8. The molecule has 14 heavy (non-hydrogen) atoms. The van der Waals surface area contributed by atoms with Crippen molar-refractivity contribution in [1.82, 2.24) is 4.98 Å². The van der Waals surface area contributed by atoms with Gasteiger partial charge in [-0.2, -0.15) is 0 Å². The van der Waals surface area contributed by atoms with Crippen molar-refractivity contribution >= 4 is 17.0 Å². The number of nitrogens with two attached hydrogens (primary N) is 1. The van der Waals surface area contributed by atoms with E-state index in [1.807, 2.05) is 6.20 Å². The predicted octanol–water partition coefficient (Wildman–Crippen LogP) is 2.46. The fraction of sp³-hybridized carbons (Fsp3) is 0.100. The van der Waals surface area contributed by atoms with E-state index >= 15 is 0 Å². The summed E-state index contributed by atoms with van der Waals surface area (Å²) in [6, 6.07) is 4.80. The average Bonchev–Trinajstić information content (AvgIpc) is 2.64. The predicted molar refractivity (Wildman–Crippen MR) is 55.7 cm³/mol. The Hall–Kier alpha value is -1.42. The van der Waals surface area contributed by atoms with Gasteiger partial charge in [-0.1, -0.05) is 6.07 Å². The molecule has 0 spiro atoms. The molecular formula is C10H9FN2S. The molecular weight excluding hydrogens is 199 g/mol. The van der Waals surface area contributed by atoms with E-state index in [1.165, 1.54) is 6.07 Å². The summed E-state index contributed by atoms with van der Waals surface area (Å²) in [5.74, 6) is -0.363. The molecule has 0 fully saturated rings. The number of aromatic nitrogens is 1. The van der Waals surface area contributed by atoms with Gasteiger partial charge in [0.1, 0.15) is 5.82 Å². The first-order chi connectivity index (χ1) is 6.75. The van der Waals surface area contributed by atoms with Crippen LogP contribution in [0.1, 0.15) is 10.4 Å². The zero-order chi connectivity index (χ0) is 9.97. The van der Waals surface area contributed by atoms with E-state index in [-0.39, 0.29) is 11.5 Å². The summed E-state index contributed by atoms with van der Waals surface area (Å²) in [4.78, 5) is 5.12. The van der Waals surface area contributed by atoms with Gasteiger partial charge in [0.2, 0.25) is 0 Å². The van der Waals surface area contributed by atoms with Crippen LogP contribution in [0, 0.1) is 5.82 Å². The zero-order valence-electron chi connectivity index (χ0n) is 7.40. The van der Waals surface area contributed by atoms with Crippen molar-refractivity contribution in [2.24, 2.45) is 0 Å². The Labute approximate surface area is 85.2 Å². The SMILES string of the molecule is Nc1cc(Cc2cncs2)ccc1F. The van der Waals surface area contributed by atoms with Gasteiger partial charge in [0.15, 0.2) is 0 Å². The lowest BCUT2D eigenvalue weighted by Gasteiger charge is -2.01. The third kappa shape index (κ3) is 1.90. The number of hydrogen-bond donors (Lipinski definition) is 1. The number of nitrogens with zero attached hydrogens (tertiary/aromatic N) is 1. The lowest BCUT2D eigenvalue weighted by molar-refractivity contribution is 0.632. The van der Waals surface area contributed by atoms with Gasteiger partial charge in [0.25, 0.3) is 0 Å². The lowest BCUT2D eigenvalue weighted by atomic mass is 10.1. The highest BCUT2D eigenvalue weighted by Crippen LogP contribution is 2.17. The summed E-state index contributed by atoms with van der Waals surface area (Å²) in [5, 5.41) is 0. The van der Waals surface area contributed by atoms with Crippen LogP contribution in [-0.2, 0) is 6.42 Å². The number of benzene rings is 1. The molecule has 0 saturated heterocycles. The van der Waals surface area contributed by atoms with E-state index in [1.54, 1.807) is 29.0 Å². The van der Waals surface area contributed by atoms with Crippen LogP contribution in [0.15, 0.2) is 29.9 Å². The van der Waals surface area contributed by atoms with Crippen molar-refractivity contribution in [2.45, 2.75) is 6.42 Å². The molecule has 0 unspecified atom stereocenters. The number of halogens is 1. The fourth-order valence-corrected chi connectivity index (χ4v) is 1.86. The topological polar surface area (TPSA) is 38.9 Å². The van der Waals surface area contributed by atoms with Crippen molar-refractivity contribution in [3.63, 3.8) is 0 Å². The minimum atomic E-state index is -0.363. The van der Waals surface area contributed by atoms with Gasteiger partial charge in [0, 0.05) is 17.5 Å². The van der Waals surface area contributed by atoms with Gasteiger partial charge in [-0.05, 0) is 17.7 Å². The van der Waals surface area contributed by atoms with Crippen LogP contribution in [-0.4, -0.2) is 4.98 Å². The summed E-state index contributed by atoms with van der Waals surface area (Å²) >= 11 is 1.58. The molecule has 72 valence electrons. The van der Waals surface area contributed by atoms with E-state index in [0.717, 1.165) is 16.9 Å². The smallest absolute Gasteiger partial charge is 0.146 e. The number of nitrogen functional groups attached to an aromatic ring is 1. The van der Waals surface area contributed by atoms with Crippen molar-refractivity contribution in [3.05, 3.63) is 46.2 Å². The lowest BCUT2D eigenvalue weighted by Crippen LogP contribution is -1.93. The first kappa shape index (κ1) is 9.15. The molecule has 2 nitrogen and oxygen atoms in total. The highest BCUT2D eigenvalue weighted by molar-refractivity contribution is 7.09. The summed E-state index contributed by atoms with van der Waals surface area (Å²) in [5.41, 5.74) is 8.45.